The third-order valence-corrected chi connectivity index (χ3v) is 29.8. The minimum Gasteiger partial charge on any atom is -0.383 e. The van der Waals surface area contributed by atoms with Gasteiger partial charge in [-0.05, 0) is 152 Å². The van der Waals surface area contributed by atoms with E-state index in [0.29, 0.717) is 70.3 Å². The molecular formula is C83H90Cl7N13O16S4. The van der Waals surface area contributed by atoms with Gasteiger partial charge in [0, 0.05) is 44.3 Å². The van der Waals surface area contributed by atoms with Crippen molar-refractivity contribution in [2.75, 3.05) is 32.2 Å². The zero-order valence-corrected chi connectivity index (χ0v) is 73.8. The average molecular weight is 1900 g/mol. The maximum Gasteiger partial charge on any atom is 0.164 e. The summed E-state index contributed by atoms with van der Waals surface area (Å²) < 4.78 is 112. The Morgan fingerprint density at radius 1 is 0.317 bits per heavy atom. The molecule has 12 aliphatic heterocycles. The van der Waals surface area contributed by atoms with Gasteiger partial charge in [-0.1, -0.05) is 103 Å². The van der Waals surface area contributed by atoms with Crippen LogP contribution in [0.4, 0.5) is 5.82 Å². The molecule has 12 aromatic heterocycles. The number of nitrogen functional groups attached to an aromatic ring is 1. The van der Waals surface area contributed by atoms with Gasteiger partial charge >= 0.3 is 0 Å². The molecule has 0 bridgehead atoms. The van der Waals surface area contributed by atoms with Gasteiger partial charge in [-0.25, -0.2) is 39.9 Å². The lowest BCUT2D eigenvalue weighted by Crippen LogP contribution is -2.36. The summed E-state index contributed by atoms with van der Waals surface area (Å²) in [6, 6.07) is 15.7. The predicted octanol–water partition coefficient (Wildman–Crippen LogP) is 19.0. The highest BCUT2D eigenvalue weighted by molar-refractivity contribution is 7.17. The Kier molecular flexibility index (Phi) is 24.2. The SMILES string of the molecule is C.C.C.CC1(C)O[C@H]2[C@@H](O1)[C@H](n1ccc3c(Cl)ncnc31)O[C@@H]2[C@@H]1OCCc2cc(Cl)sc21.CC1(C)O[C@H]2[C@@H](O1)[C@H](n1ccc3c(Cl)ncnc31)O[C@@H]2[C@@H]1OCCc2cc(Cl)sc21.CC1(C)O[C@H]2[C@@H](O1)[C@H](n1ccc3c(Cl)ncnc31)O[C@@H]2[C@H]1OCCc2cc(Cl)sc21.CC1(C)O[C@H]2[C@@H](O1)[C@H](n1ccc3c(N)ncnc31)O[C@@H]2[C@@H]1OCCc2cc(Cl)sc21. The van der Waals surface area contributed by atoms with Crippen molar-refractivity contribution in [3.63, 3.8) is 0 Å². The molecule has 0 amide bonds. The van der Waals surface area contributed by atoms with Crippen LogP contribution in [0.15, 0.2) is 98.6 Å². The molecule has 8 saturated heterocycles. The monoisotopic (exact) mass is 1900 g/mol. The molecule has 656 valence electrons. The number of halogens is 7. The van der Waals surface area contributed by atoms with Gasteiger partial charge in [-0.2, -0.15) is 0 Å². The van der Waals surface area contributed by atoms with Crippen LogP contribution in [-0.2, 0) is 101 Å². The highest BCUT2D eigenvalue weighted by Crippen LogP contribution is 2.57. The fourth-order valence-corrected chi connectivity index (χ4v) is 25.0. The molecule has 20 atom stereocenters. The second kappa shape index (κ2) is 33.8. The van der Waals surface area contributed by atoms with Gasteiger partial charge < -0.3 is 99.8 Å². The highest BCUT2D eigenvalue weighted by atomic mass is 35.5. The third-order valence-electron chi connectivity index (χ3n) is 23.4. The van der Waals surface area contributed by atoms with Crippen LogP contribution in [0.5, 0.6) is 0 Å². The zero-order valence-electron chi connectivity index (χ0n) is 65.2. The molecular weight excluding hydrogens is 1810 g/mol. The standard InChI is InChI=1S/3C20H19Cl2N3O4S.C20H21ClN4O4S.3CH4/c4*1-20(2)28-13-12(14-16-9(4-6-26-14)7-11(21)30-16)27-19(15(13)29-20)25-5-3-10-17(22)23-8-24-18(10)25;;;/h3*3,5,7-8,12-15,19H,4,6H2,1-2H3;3,5,7-8,12-15,19H,4,6H2,1-2H3,(H2,22,23,24);3*1H4/t12-,13+,14+,15+,19+;3*12-,13+,14-,15+,19+;;;/m0000.../s1. The van der Waals surface area contributed by atoms with Gasteiger partial charge in [0.15, 0.2) is 48.1 Å². The number of nitrogens with two attached hydrogens (primary N) is 1. The summed E-state index contributed by atoms with van der Waals surface area (Å²) in [5, 5.41) is 4.29. The molecule has 12 aliphatic rings. The fourth-order valence-electron chi connectivity index (χ4n) is 18.8. The van der Waals surface area contributed by atoms with E-state index in [0.717, 1.165) is 84.1 Å². The van der Waals surface area contributed by atoms with E-state index in [9.17, 15) is 0 Å². The van der Waals surface area contributed by atoms with Crippen LogP contribution in [-0.4, -0.2) is 181 Å². The van der Waals surface area contributed by atoms with Crippen molar-refractivity contribution >= 4 is 177 Å². The maximum absolute atomic E-state index is 6.57. The van der Waals surface area contributed by atoms with Gasteiger partial charge in [0.2, 0.25) is 0 Å². The average Bonchev–Trinajstić information content (AvgIpc) is 1.59. The Morgan fingerprint density at radius 2 is 0.545 bits per heavy atom. The lowest BCUT2D eigenvalue weighted by molar-refractivity contribution is -0.212. The maximum atomic E-state index is 6.57. The number of hydrogen-bond acceptors (Lipinski definition) is 29. The lowest BCUT2D eigenvalue weighted by Gasteiger charge is -2.31. The quantitative estimate of drug-likeness (QED) is 0.138. The van der Waals surface area contributed by atoms with Crippen molar-refractivity contribution in [2.45, 2.75) is 249 Å². The number of ether oxygens (including phenoxy) is 16. The van der Waals surface area contributed by atoms with Gasteiger partial charge in [0.25, 0.3) is 0 Å². The number of rotatable bonds is 8. The van der Waals surface area contributed by atoms with E-state index in [2.05, 4.69) is 39.9 Å². The van der Waals surface area contributed by atoms with Crippen LogP contribution < -0.4 is 5.73 Å². The largest absolute Gasteiger partial charge is 0.383 e. The first-order valence-corrected chi connectivity index (χ1v) is 45.2. The Balaban J connectivity index is 0.000000111. The van der Waals surface area contributed by atoms with Crippen molar-refractivity contribution in [3.05, 3.63) is 173 Å². The molecule has 40 heteroatoms. The van der Waals surface area contributed by atoms with Crippen LogP contribution in [0.1, 0.15) is 169 Å². The first kappa shape index (κ1) is 88.1. The minimum atomic E-state index is -0.726. The van der Waals surface area contributed by atoms with Crippen LogP contribution >= 0.6 is 127 Å². The van der Waals surface area contributed by atoms with Gasteiger partial charge in [-0.3, -0.25) is 0 Å². The number of thiophene rings is 4. The van der Waals surface area contributed by atoms with E-state index in [-0.39, 0.29) is 120 Å². The Hall–Kier alpha value is -5.53. The van der Waals surface area contributed by atoms with E-state index in [1.807, 2.05) is 147 Å². The molecule has 0 spiro atoms. The van der Waals surface area contributed by atoms with Crippen LogP contribution in [0, 0.1) is 0 Å². The number of fused-ring (bicyclic) bond motifs is 12. The van der Waals surface area contributed by atoms with Crippen molar-refractivity contribution < 1.29 is 75.8 Å². The summed E-state index contributed by atoms with van der Waals surface area (Å²) in [6.07, 6.45) is 10.2. The molecule has 8 fully saturated rings. The first-order valence-electron chi connectivity index (χ1n) is 39.3. The van der Waals surface area contributed by atoms with Gasteiger partial charge in [0.05, 0.1) is 65.3 Å². The molecule has 0 aliphatic carbocycles. The number of aromatic nitrogens is 12. The van der Waals surface area contributed by atoms with Crippen molar-refractivity contribution in [1.82, 2.24) is 58.1 Å². The second-order valence-electron chi connectivity index (χ2n) is 32.7. The smallest absolute Gasteiger partial charge is 0.164 e. The Bertz CT molecular complexity index is 5240. The highest BCUT2D eigenvalue weighted by Gasteiger charge is 2.64. The second-order valence-corrected chi connectivity index (χ2v) is 40.7. The topological polar surface area (TPSA) is 297 Å². The summed E-state index contributed by atoms with van der Waals surface area (Å²) in [7, 11) is 0. The molecule has 2 N–H and O–H groups in total. The summed E-state index contributed by atoms with van der Waals surface area (Å²) >= 11 is 50.1. The molecule has 0 saturated carbocycles. The van der Waals surface area contributed by atoms with E-state index < -0.39 is 48.1 Å². The number of hydrogen-bond donors (Lipinski definition) is 1. The van der Waals surface area contributed by atoms with Crippen LogP contribution in [0.2, 0.25) is 32.8 Å². The van der Waals surface area contributed by atoms with Gasteiger partial charge in [0.1, 0.15) is 167 Å². The van der Waals surface area contributed by atoms with Crippen molar-refractivity contribution in [1.29, 1.82) is 0 Å². The molecule has 123 heavy (non-hydrogen) atoms. The fraction of sp³-hybridized carbons (Fsp3) is 0.518. The van der Waals surface area contributed by atoms with Crippen LogP contribution in [0.3, 0.4) is 0 Å². The summed E-state index contributed by atoms with van der Waals surface area (Å²) in [5.41, 5.74) is 13.7. The Morgan fingerprint density at radius 3 is 0.805 bits per heavy atom. The van der Waals surface area contributed by atoms with E-state index in [1.54, 1.807) is 45.3 Å². The zero-order chi connectivity index (χ0) is 82.5. The minimum absolute atomic E-state index is 0. The Labute approximate surface area is 758 Å². The summed E-state index contributed by atoms with van der Waals surface area (Å²) in [5.74, 6) is -2.47. The lowest BCUT2D eigenvalue weighted by atomic mass is 9.99. The van der Waals surface area contributed by atoms with Gasteiger partial charge in [-0.15, -0.1) is 45.3 Å². The molecule has 24 heterocycles. The van der Waals surface area contributed by atoms with E-state index >= 15 is 0 Å². The van der Waals surface area contributed by atoms with Crippen molar-refractivity contribution in [2.24, 2.45) is 0 Å². The number of anilines is 1. The number of nitrogens with zero attached hydrogens (tertiary/aromatic N) is 12. The molecule has 0 aromatic carbocycles. The summed E-state index contributed by atoms with van der Waals surface area (Å²) in [6.45, 7) is 17.8. The van der Waals surface area contributed by atoms with Crippen LogP contribution in [0.25, 0.3) is 44.1 Å². The molecule has 24 rings (SSSR count). The van der Waals surface area contributed by atoms with E-state index in [1.165, 1.54) is 47.6 Å². The van der Waals surface area contributed by atoms with E-state index in [4.69, 9.17) is 163 Å². The first-order chi connectivity index (χ1) is 57.6. The predicted molar refractivity (Wildman–Crippen MR) is 468 cm³/mol. The normalized spacial score (nSPS) is 31.7. The molecule has 0 radical (unpaired) electrons. The molecule has 29 nitrogen and oxygen atoms in total. The molecule has 12 aromatic rings. The summed E-state index contributed by atoms with van der Waals surface area (Å²) in [4.78, 5) is 38.4. The third kappa shape index (κ3) is 15.8. The molecule has 0 unspecified atom stereocenters. The van der Waals surface area contributed by atoms with Crippen molar-refractivity contribution in [3.8, 4) is 0 Å².